The van der Waals surface area contributed by atoms with Gasteiger partial charge in [0.05, 0.1) is 0 Å². The van der Waals surface area contributed by atoms with Gasteiger partial charge in [-0.15, -0.1) is 24.0 Å². The van der Waals surface area contributed by atoms with Gasteiger partial charge in [-0.05, 0) is 36.5 Å². The van der Waals surface area contributed by atoms with Crippen LogP contribution in [0.4, 0.5) is 5.69 Å². The van der Waals surface area contributed by atoms with Crippen LogP contribution in [-0.4, -0.2) is 12.5 Å². The average molecular weight is 375 g/mol. The maximum absolute atomic E-state index is 5.81. The second-order valence-electron chi connectivity index (χ2n) is 4.68. The first-order valence-electron chi connectivity index (χ1n) is 6.84. The summed E-state index contributed by atoms with van der Waals surface area (Å²) in [5.41, 5.74) is 8.17. The van der Waals surface area contributed by atoms with Gasteiger partial charge in [-0.2, -0.15) is 0 Å². The normalized spacial score (nSPS) is 12.7. The number of halogens is 1. The lowest BCUT2D eigenvalue weighted by Crippen LogP contribution is -2.22. The van der Waals surface area contributed by atoms with E-state index in [0.717, 1.165) is 31.5 Å². The van der Waals surface area contributed by atoms with E-state index in [1.807, 2.05) is 0 Å². The molecule has 1 aromatic rings. The fourth-order valence-electron chi connectivity index (χ4n) is 1.68. The molecule has 3 N–H and O–H groups in total. The zero-order chi connectivity index (χ0) is 13.4. The quantitative estimate of drug-likeness (QED) is 0.336. The molecule has 0 fully saturated rings. The van der Waals surface area contributed by atoms with Crippen molar-refractivity contribution >= 4 is 35.6 Å². The van der Waals surface area contributed by atoms with Gasteiger partial charge in [-0.3, -0.25) is 4.99 Å². The van der Waals surface area contributed by atoms with Crippen LogP contribution in [0.2, 0.25) is 0 Å². The van der Waals surface area contributed by atoms with Crippen molar-refractivity contribution in [2.45, 2.75) is 46.0 Å². The summed E-state index contributed by atoms with van der Waals surface area (Å²) >= 11 is 0. The molecule has 3 nitrogen and oxygen atoms in total. The maximum Gasteiger partial charge on any atom is 0.193 e. The SMILES string of the molecule is CCCCN=C(N)Nc1ccc(C(C)CC)cc1.I. The average Bonchev–Trinajstić information content (AvgIpc) is 2.39. The molecule has 1 unspecified atom stereocenters. The lowest BCUT2D eigenvalue weighted by molar-refractivity contribution is 0.734. The van der Waals surface area contributed by atoms with Crippen LogP contribution in [0.1, 0.15) is 51.5 Å². The number of hydrogen-bond donors (Lipinski definition) is 2. The van der Waals surface area contributed by atoms with Crippen LogP contribution in [-0.2, 0) is 0 Å². The molecule has 0 saturated carbocycles. The lowest BCUT2D eigenvalue weighted by atomic mass is 9.99. The van der Waals surface area contributed by atoms with E-state index in [0.29, 0.717) is 11.9 Å². The van der Waals surface area contributed by atoms with Gasteiger partial charge in [0.2, 0.25) is 0 Å². The minimum atomic E-state index is 0. The van der Waals surface area contributed by atoms with Gasteiger partial charge in [0.15, 0.2) is 5.96 Å². The van der Waals surface area contributed by atoms with E-state index in [2.05, 4.69) is 55.3 Å². The maximum atomic E-state index is 5.81. The highest BCUT2D eigenvalue weighted by molar-refractivity contribution is 14.0. The molecule has 1 atom stereocenters. The fraction of sp³-hybridized carbons (Fsp3) is 0.533. The Morgan fingerprint density at radius 3 is 2.42 bits per heavy atom. The Kier molecular flexibility index (Phi) is 9.65. The van der Waals surface area contributed by atoms with Crippen LogP contribution in [0.5, 0.6) is 0 Å². The number of hydrogen-bond acceptors (Lipinski definition) is 1. The van der Waals surface area contributed by atoms with Gasteiger partial charge in [0.1, 0.15) is 0 Å². The third-order valence-electron chi connectivity index (χ3n) is 3.16. The summed E-state index contributed by atoms with van der Waals surface area (Å²) in [6.45, 7) is 7.38. The van der Waals surface area contributed by atoms with Gasteiger partial charge in [-0.1, -0.05) is 39.3 Å². The number of nitrogens with one attached hydrogen (secondary N) is 1. The van der Waals surface area contributed by atoms with E-state index in [4.69, 9.17) is 5.73 Å². The molecule has 1 aromatic carbocycles. The van der Waals surface area contributed by atoms with E-state index < -0.39 is 0 Å². The monoisotopic (exact) mass is 375 g/mol. The van der Waals surface area contributed by atoms with E-state index in [1.165, 1.54) is 5.56 Å². The highest BCUT2D eigenvalue weighted by Gasteiger charge is 2.02. The molecular formula is C15H26IN3. The van der Waals surface area contributed by atoms with Crippen molar-refractivity contribution in [3.8, 4) is 0 Å². The molecule has 0 radical (unpaired) electrons. The van der Waals surface area contributed by atoms with Gasteiger partial charge in [0.25, 0.3) is 0 Å². The number of unbranched alkanes of at least 4 members (excludes halogenated alkanes) is 1. The standard InChI is InChI=1S/C15H25N3.HI/c1-4-6-11-17-15(16)18-14-9-7-13(8-10-14)12(3)5-2;/h7-10,12H,4-6,11H2,1-3H3,(H3,16,17,18);1H. The van der Waals surface area contributed by atoms with Gasteiger partial charge < -0.3 is 11.1 Å². The van der Waals surface area contributed by atoms with Crippen LogP contribution in [0.25, 0.3) is 0 Å². The van der Waals surface area contributed by atoms with E-state index in [9.17, 15) is 0 Å². The number of nitrogens with zero attached hydrogens (tertiary/aromatic N) is 1. The van der Waals surface area contributed by atoms with Crippen molar-refractivity contribution in [1.82, 2.24) is 0 Å². The minimum Gasteiger partial charge on any atom is -0.370 e. The summed E-state index contributed by atoms with van der Waals surface area (Å²) in [4.78, 5) is 4.27. The van der Waals surface area contributed by atoms with E-state index in [1.54, 1.807) is 0 Å². The number of anilines is 1. The van der Waals surface area contributed by atoms with Crippen LogP contribution in [0.3, 0.4) is 0 Å². The number of aliphatic imine (C=N–C) groups is 1. The summed E-state index contributed by atoms with van der Waals surface area (Å²) in [7, 11) is 0. The molecule has 0 amide bonds. The molecule has 0 spiro atoms. The predicted octanol–water partition coefficient (Wildman–Crippen LogP) is 4.34. The Hall–Kier alpha value is -0.780. The number of rotatable bonds is 6. The molecule has 0 aliphatic heterocycles. The van der Waals surface area contributed by atoms with Gasteiger partial charge in [0, 0.05) is 12.2 Å². The molecule has 0 saturated heterocycles. The van der Waals surface area contributed by atoms with Crippen LogP contribution >= 0.6 is 24.0 Å². The second-order valence-corrected chi connectivity index (χ2v) is 4.68. The van der Waals surface area contributed by atoms with E-state index in [-0.39, 0.29) is 24.0 Å². The first kappa shape index (κ1) is 18.2. The molecule has 19 heavy (non-hydrogen) atoms. The summed E-state index contributed by atoms with van der Waals surface area (Å²) in [5, 5.41) is 3.11. The Morgan fingerprint density at radius 2 is 1.89 bits per heavy atom. The summed E-state index contributed by atoms with van der Waals surface area (Å²) in [5.74, 6) is 1.11. The van der Waals surface area contributed by atoms with Crippen molar-refractivity contribution in [3.63, 3.8) is 0 Å². The first-order chi connectivity index (χ1) is 8.67. The van der Waals surface area contributed by atoms with Crippen LogP contribution < -0.4 is 11.1 Å². The van der Waals surface area contributed by atoms with E-state index >= 15 is 0 Å². The van der Waals surface area contributed by atoms with Crippen molar-refractivity contribution in [2.75, 3.05) is 11.9 Å². The third-order valence-corrected chi connectivity index (χ3v) is 3.16. The van der Waals surface area contributed by atoms with Crippen molar-refractivity contribution in [2.24, 2.45) is 10.7 Å². The Balaban J connectivity index is 0.00000324. The van der Waals surface area contributed by atoms with Crippen molar-refractivity contribution in [1.29, 1.82) is 0 Å². The van der Waals surface area contributed by atoms with Gasteiger partial charge >= 0.3 is 0 Å². The summed E-state index contributed by atoms with van der Waals surface area (Å²) in [6, 6.07) is 8.42. The second kappa shape index (κ2) is 10.1. The molecule has 108 valence electrons. The fourth-order valence-corrected chi connectivity index (χ4v) is 1.68. The third kappa shape index (κ3) is 6.80. The molecule has 4 heteroatoms. The Morgan fingerprint density at radius 1 is 1.26 bits per heavy atom. The zero-order valence-electron chi connectivity index (χ0n) is 12.1. The predicted molar refractivity (Wildman–Crippen MR) is 95.6 cm³/mol. The van der Waals surface area contributed by atoms with Crippen molar-refractivity contribution < 1.29 is 0 Å². The molecule has 0 heterocycles. The largest absolute Gasteiger partial charge is 0.370 e. The molecular weight excluding hydrogens is 349 g/mol. The summed E-state index contributed by atoms with van der Waals surface area (Å²) in [6.07, 6.45) is 3.38. The highest BCUT2D eigenvalue weighted by Crippen LogP contribution is 2.20. The molecule has 1 rings (SSSR count). The zero-order valence-corrected chi connectivity index (χ0v) is 14.5. The number of guanidine groups is 1. The Bertz CT molecular complexity index is 373. The molecule has 0 aliphatic carbocycles. The number of benzene rings is 1. The topological polar surface area (TPSA) is 50.4 Å². The number of nitrogens with two attached hydrogens (primary N) is 1. The minimum absolute atomic E-state index is 0. The molecule has 0 aliphatic rings. The lowest BCUT2D eigenvalue weighted by Gasteiger charge is -2.10. The molecule has 0 aromatic heterocycles. The van der Waals surface area contributed by atoms with Crippen molar-refractivity contribution in [3.05, 3.63) is 29.8 Å². The molecule has 0 bridgehead atoms. The van der Waals surface area contributed by atoms with Crippen LogP contribution in [0, 0.1) is 0 Å². The van der Waals surface area contributed by atoms with Gasteiger partial charge in [-0.25, -0.2) is 0 Å². The smallest absolute Gasteiger partial charge is 0.193 e. The van der Waals surface area contributed by atoms with Crippen LogP contribution in [0.15, 0.2) is 29.3 Å². The highest BCUT2D eigenvalue weighted by atomic mass is 127. The summed E-state index contributed by atoms with van der Waals surface area (Å²) < 4.78 is 0. The Labute approximate surface area is 134 Å². The first-order valence-corrected chi connectivity index (χ1v) is 6.84.